The van der Waals surface area contributed by atoms with Gasteiger partial charge in [0.1, 0.15) is 5.54 Å². The van der Waals surface area contributed by atoms with Crippen molar-refractivity contribution in [2.45, 2.75) is 63.5 Å². The van der Waals surface area contributed by atoms with E-state index in [1.54, 1.807) is 6.92 Å². The summed E-state index contributed by atoms with van der Waals surface area (Å²) in [5.41, 5.74) is 5.00. The molecule has 1 aliphatic carbocycles. The van der Waals surface area contributed by atoms with E-state index >= 15 is 0 Å². The van der Waals surface area contributed by atoms with Gasteiger partial charge >= 0.3 is 5.97 Å². The molecular weight excluding hydrogens is 218 g/mol. The second kappa shape index (κ2) is 6.97. The molecular formula is C13H25NO3. The number of hydrogen-bond donors (Lipinski definition) is 1. The first-order valence-electron chi connectivity index (χ1n) is 6.55. The van der Waals surface area contributed by atoms with E-state index in [0.717, 1.165) is 19.4 Å². The van der Waals surface area contributed by atoms with Crippen LogP contribution in [-0.2, 0) is 14.3 Å². The molecule has 4 nitrogen and oxygen atoms in total. The Kier molecular flexibility index (Phi) is 5.92. The lowest BCUT2D eigenvalue weighted by Crippen LogP contribution is -2.45. The van der Waals surface area contributed by atoms with Crippen molar-refractivity contribution in [3.63, 3.8) is 0 Å². The van der Waals surface area contributed by atoms with Crippen LogP contribution in [0, 0.1) is 0 Å². The van der Waals surface area contributed by atoms with Crippen molar-refractivity contribution in [1.29, 1.82) is 0 Å². The molecule has 1 saturated carbocycles. The van der Waals surface area contributed by atoms with E-state index in [0.29, 0.717) is 12.5 Å². The molecule has 1 fully saturated rings. The van der Waals surface area contributed by atoms with Gasteiger partial charge in [-0.1, -0.05) is 12.8 Å². The van der Waals surface area contributed by atoms with Gasteiger partial charge in [-0.15, -0.1) is 0 Å². The average molecular weight is 243 g/mol. The first-order valence-corrected chi connectivity index (χ1v) is 6.55. The van der Waals surface area contributed by atoms with Crippen molar-refractivity contribution in [3.05, 3.63) is 0 Å². The summed E-state index contributed by atoms with van der Waals surface area (Å²) in [7, 11) is 1.37. The largest absolute Gasteiger partial charge is 0.468 e. The van der Waals surface area contributed by atoms with E-state index in [1.165, 1.54) is 32.8 Å². The summed E-state index contributed by atoms with van der Waals surface area (Å²) in [5, 5.41) is 0. The number of ether oxygens (including phenoxy) is 2. The second-order valence-corrected chi connectivity index (χ2v) is 5.14. The van der Waals surface area contributed by atoms with Gasteiger partial charge in [-0.05, 0) is 39.0 Å². The van der Waals surface area contributed by atoms with Crippen LogP contribution in [0.5, 0.6) is 0 Å². The Hall–Kier alpha value is -0.610. The van der Waals surface area contributed by atoms with E-state index in [2.05, 4.69) is 4.74 Å². The van der Waals surface area contributed by atoms with Crippen molar-refractivity contribution >= 4 is 5.97 Å². The smallest absolute Gasteiger partial charge is 0.325 e. The minimum absolute atomic E-state index is 0.339. The van der Waals surface area contributed by atoms with Crippen LogP contribution in [0.4, 0.5) is 0 Å². The highest BCUT2D eigenvalue weighted by Crippen LogP contribution is 2.21. The predicted octanol–water partition coefficient (Wildman–Crippen LogP) is 2.01. The van der Waals surface area contributed by atoms with Crippen LogP contribution >= 0.6 is 0 Å². The third-order valence-electron chi connectivity index (χ3n) is 3.40. The molecule has 100 valence electrons. The zero-order valence-electron chi connectivity index (χ0n) is 11.0. The van der Waals surface area contributed by atoms with Crippen LogP contribution < -0.4 is 5.73 Å². The van der Waals surface area contributed by atoms with E-state index in [4.69, 9.17) is 10.5 Å². The molecule has 1 aliphatic rings. The molecule has 0 heterocycles. The number of rotatable bonds is 7. The van der Waals surface area contributed by atoms with Crippen LogP contribution in [-0.4, -0.2) is 31.3 Å². The van der Waals surface area contributed by atoms with Gasteiger partial charge in [0.15, 0.2) is 0 Å². The maximum atomic E-state index is 11.3. The molecule has 0 amide bonds. The Morgan fingerprint density at radius 1 is 1.35 bits per heavy atom. The minimum Gasteiger partial charge on any atom is -0.468 e. The normalized spacial score (nSPS) is 20.2. The molecule has 0 aliphatic heterocycles. The fourth-order valence-electron chi connectivity index (χ4n) is 2.23. The predicted molar refractivity (Wildman–Crippen MR) is 66.7 cm³/mol. The Morgan fingerprint density at radius 3 is 2.59 bits per heavy atom. The van der Waals surface area contributed by atoms with Crippen molar-refractivity contribution in [2.24, 2.45) is 5.73 Å². The molecule has 0 radical (unpaired) electrons. The maximum Gasteiger partial charge on any atom is 0.325 e. The molecule has 4 heteroatoms. The average Bonchev–Trinajstić information content (AvgIpc) is 2.80. The summed E-state index contributed by atoms with van der Waals surface area (Å²) in [6.45, 7) is 2.50. The minimum atomic E-state index is -0.859. The molecule has 0 aromatic rings. The van der Waals surface area contributed by atoms with Crippen LogP contribution in [0.1, 0.15) is 51.9 Å². The van der Waals surface area contributed by atoms with Crippen molar-refractivity contribution in [2.75, 3.05) is 13.7 Å². The van der Waals surface area contributed by atoms with Crippen LogP contribution in [0.15, 0.2) is 0 Å². The highest BCUT2D eigenvalue weighted by atomic mass is 16.5. The molecule has 0 bridgehead atoms. The number of esters is 1. The van der Waals surface area contributed by atoms with Gasteiger partial charge < -0.3 is 15.2 Å². The van der Waals surface area contributed by atoms with Crippen molar-refractivity contribution < 1.29 is 14.3 Å². The third kappa shape index (κ3) is 5.04. The van der Waals surface area contributed by atoms with Crippen LogP contribution in [0.3, 0.4) is 0 Å². The van der Waals surface area contributed by atoms with E-state index in [1.807, 2.05) is 0 Å². The van der Waals surface area contributed by atoms with E-state index in [-0.39, 0.29) is 5.97 Å². The highest BCUT2D eigenvalue weighted by molar-refractivity contribution is 5.79. The molecule has 1 atom stereocenters. The van der Waals surface area contributed by atoms with Crippen molar-refractivity contribution in [3.8, 4) is 0 Å². The first kappa shape index (κ1) is 14.5. The molecule has 1 rings (SSSR count). The molecule has 1 unspecified atom stereocenters. The van der Waals surface area contributed by atoms with Gasteiger partial charge in [0.05, 0.1) is 13.2 Å². The molecule has 0 aromatic carbocycles. The maximum absolute atomic E-state index is 11.3. The molecule has 17 heavy (non-hydrogen) atoms. The van der Waals surface area contributed by atoms with Gasteiger partial charge in [0.25, 0.3) is 0 Å². The molecule has 0 saturated heterocycles. The second-order valence-electron chi connectivity index (χ2n) is 5.14. The van der Waals surface area contributed by atoms with Gasteiger partial charge in [0.2, 0.25) is 0 Å². The quantitative estimate of drug-likeness (QED) is 0.549. The monoisotopic (exact) mass is 243 g/mol. The zero-order chi connectivity index (χ0) is 12.7. The number of carbonyl (C=O) groups is 1. The van der Waals surface area contributed by atoms with Gasteiger partial charge in [-0.2, -0.15) is 0 Å². The summed E-state index contributed by atoms with van der Waals surface area (Å²) in [6.07, 6.45) is 7.98. The van der Waals surface area contributed by atoms with E-state index in [9.17, 15) is 4.79 Å². The number of nitrogens with two attached hydrogens (primary N) is 1. The highest BCUT2D eigenvalue weighted by Gasteiger charge is 2.28. The summed E-state index contributed by atoms with van der Waals surface area (Å²) in [4.78, 5) is 11.3. The number of hydrogen-bond acceptors (Lipinski definition) is 4. The van der Waals surface area contributed by atoms with Gasteiger partial charge in [0, 0.05) is 6.61 Å². The Bertz CT molecular complexity index is 235. The van der Waals surface area contributed by atoms with Crippen LogP contribution in [0.2, 0.25) is 0 Å². The lowest BCUT2D eigenvalue weighted by Gasteiger charge is -2.21. The summed E-state index contributed by atoms with van der Waals surface area (Å²) in [5.74, 6) is -0.339. The van der Waals surface area contributed by atoms with Crippen molar-refractivity contribution in [1.82, 2.24) is 0 Å². The summed E-state index contributed by atoms with van der Waals surface area (Å²) >= 11 is 0. The first-order chi connectivity index (χ1) is 8.06. The number of carbonyl (C=O) groups excluding carboxylic acids is 1. The fraction of sp³-hybridized carbons (Fsp3) is 0.923. The summed E-state index contributed by atoms with van der Waals surface area (Å²) < 4.78 is 10.4. The lowest BCUT2D eigenvalue weighted by molar-refractivity contribution is -0.146. The SMILES string of the molecule is COC(=O)C(C)(N)CCCCOC1CCCC1. The van der Waals surface area contributed by atoms with Gasteiger partial charge in [-0.3, -0.25) is 4.79 Å². The molecule has 2 N–H and O–H groups in total. The Morgan fingerprint density at radius 2 is 2.00 bits per heavy atom. The lowest BCUT2D eigenvalue weighted by atomic mass is 9.96. The zero-order valence-corrected chi connectivity index (χ0v) is 11.0. The Labute approximate surface area is 104 Å². The van der Waals surface area contributed by atoms with E-state index < -0.39 is 5.54 Å². The Balaban J connectivity index is 2.04. The number of methoxy groups -OCH3 is 1. The standard InChI is InChI=1S/C13H25NO3/c1-13(14,12(15)16-2)9-5-6-10-17-11-7-3-4-8-11/h11H,3-10,14H2,1-2H3. The van der Waals surface area contributed by atoms with Crippen LogP contribution in [0.25, 0.3) is 0 Å². The summed E-state index contributed by atoms with van der Waals surface area (Å²) in [6, 6.07) is 0. The number of unbranched alkanes of at least 4 members (excludes halogenated alkanes) is 1. The van der Waals surface area contributed by atoms with Gasteiger partial charge in [-0.25, -0.2) is 0 Å². The fourth-order valence-corrected chi connectivity index (χ4v) is 2.23. The third-order valence-corrected chi connectivity index (χ3v) is 3.40. The topological polar surface area (TPSA) is 61.5 Å². The molecule has 0 spiro atoms. The molecule has 0 aromatic heterocycles.